The highest BCUT2D eigenvalue weighted by molar-refractivity contribution is 5.81. The number of rotatable bonds is 5. The Hall–Kier alpha value is -1.52. The summed E-state index contributed by atoms with van der Waals surface area (Å²) in [6.07, 6.45) is 4.71. The molecular formula is C14H24N4O. The van der Waals surface area contributed by atoms with Crippen LogP contribution >= 0.6 is 0 Å². The summed E-state index contributed by atoms with van der Waals surface area (Å²) in [6, 6.07) is 2.39. The molecule has 1 aromatic rings. The van der Waals surface area contributed by atoms with Gasteiger partial charge in [0, 0.05) is 24.8 Å². The van der Waals surface area contributed by atoms with E-state index in [2.05, 4.69) is 29.4 Å². The van der Waals surface area contributed by atoms with Crippen LogP contribution < -0.4 is 10.2 Å². The Morgan fingerprint density at radius 2 is 2.21 bits per heavy atom. The quantitative estimate of drug-likeness (QED) is 0.855. The van der Waals surface area contributed by atoms with Gasteiger partial charge in [-0.2, -0.15) is 5.10 Å². The lowest BCUT2D eigenvalue weighted by Crippen LogP contribution is -2.40. The molecule has 2 rings (SSSR count). The predicted molar refractivity (Wildman–Crippen MR) is 76.3 cm³/mol. The zero-order valence-electron chi connectivity index (χ0n) is 12.1. The fourth-order valence-electron chi connectivity index (χ4n) is 2.46. The van der Waals surface area contributed by atoms with E-state index in [0.717, 1.165) is 24.4 Å². The Kier molecular flexibility index (Phi) is 4.45. The molecule has 1 amide bonds. The summed E-state index contributed by atoms with van der Waals surface area (Å²) in [4.78, 5) is 13.8. The Balaban J connectivity index is 1.84. The van der Waals surface area contributed by atoms with Gasteiger partial charge in [0.2, 0.25) is 5.91 Å². The number of hydrogen-bond donors (Lipinski definition) is 2. The first-order valence-electron chi connectivity index (χ1n) is 7.12. The molecule has 0 saturated heterocycles. The highest BCUT2D eigenvalue weighted by atomic mass is 16.2. The third-order valence-electron chi connectivity index (χ3n) is 3.70. The van der Waals surface area contributed by atoms with Crippen LogP contribution in [-0.4, -0.2) is 35.7 Å². The Labute approximate surface area is 114 Å². The second kappa shape index (κ2) is 6.08. The van der Waals surface area contributed by atoms with Crippen LogP contribution in [0.1, 0.15) is 51.1 Å². The molecule has 1 aliphatic rings. The van der Waals surface area contributed by atoms with Crippen molar-refractivity contribution in [3.8, 4) is 0 Å². The van der Waals surface area contributed by atoms with E-state index in [9.17, 15) is 4.79 Å². The minimum absolute atomic E-state index is 0.0866. The summed E-state index contributed by atoms with van der Waals surface area (Å²) in [5.74, 6) is 1.33. The summed E-state index contributed by atoms with van der Waals surface area (Å²) >= 11 is 0. The van der Waals surface area contributed by atoms with Gasteiger partial charge in [0.15, 0.2) is 5.82 Å². The number of nitrogens with one attached hydrogen (secondary N) is 2. The molecule has 106 valence electrons. The average molecular weight is 264 g/mol. The number of nitrogens with zero attached hydrogens (tertiary/aromatic N) is 2. The molecular weight excluding hydrogens is 240 g/mol. The van der Waals surface area contributed by atoms with Gasteiger partial charge in [0.25, 0.3) is 0 Å². The molecule has 2 N–H and O–H groups in total. The van der Waals surface area contributed by atoms with E-state index >= 15 is 0 Å². The lowest BCUT2D eigenvalue weighted by Gasteiger charge is -2.18. The molecule has 1 saturated carbocycles. The van der Waals surface area contributed by atoms with E-state index < -0.39 is 0 Å². The Bertz CT molecular complexity index is 421. The SMILES string of the molecule is CC(C)c1cc(N(C)CC(=O)NC2CCCC2)n[nH]1. The molecule has 0 bridgehead atoms. The molecule has 0 unspecified atom stereocenters. The maximum Gasteiger partial charge on any atom is 0.239 e. The molecule has 1 aliphatic carbocycles. The van der Waals surface area contributed by atoms with Crippen molar-refractivity contribution < 1.29 is 4.79 Å². The standard InChI is InChI=1S/C14H24N4O/c1-10(2)12-8-13(17-16-12)18(3)9-14(19)15-11-6-4-5-7-11/h8,10-11H,4-7,9H2,1-3H3,(H,15,19)(H,16,17). The van der Waals surface area contributed by atoms with E-state index in [0.29, 0.717) is 18.5 Å². The van der Waals surface area contributed by atoms with Crippen LogP contribution in [0.15, 0.2) is 6.07 Å². The maximum atomic E-state index is 11.9. The van der Waals surface area contributed by atoms with Crippen molar-refractivity contribution in [2.24, 2.45) is 0 Å². The highest BCUT2D eigenvalue weighted by Gasteiger charge is 2.18. The van der Waals surface area contributed by atoms with Crippen LogP contribution in [0.3, 0.4) is 0 Å². The lowest BCUT2D eigenvalue weighted by molar-refractivity contribution is -0.120. The first kappa shape index (κ1) is 13.9. The van der Waals surface area contributed by atoms with Gasteiger partial charge in [-0.15, -0.1) is 0 Å². The normalized spacial score (nSPS) is 16.0. The molecule has 5 nitrogen and oxygen atoms in total. The topological polar surface area (TPSA) is 61.0 Å². The van der Waals surface area contributed by atoms with E-state index in [1.165, 1.54) is 12.8 Å². The summed E-state index contributed by atoms with van der Waals surface area (Å²) in [7, 11) is 1.90. The van der Waals surface area contributed by atoms with Crippen LogP contribution in [0.25, 0.3) is 0 Å². The van der Waals surface area contributed by atoms with Crippen LogP contribution in [0.5, 0.6) is 0 Å². The van der Waals surface area contributed by atoms with Gasteiger partial charge in [0.1, 0.15) is 0 Å². The average Bonchev–Trinajstić information content (AvgIpc) is 2.98. The maximum absolute atomic E-state index is 11.9. The largest absolute Gasteiger partial charge is 0.352 e. The van der Waals surface area contributed by atoms with Gasteiger partial charge in [-0.1, -0.05) is 26.7 Å². The van der Waals surface area contributed by atoms with Gasteiger partial charge in [0.05, 0.1) is 6.54 Å². The van der Waals surface area contributed by atoms with Crippen molar-refractivity contribution in [2.75, 3.05) is 18.5 Å². The van der Waals surface area contributed by atoms with Gasteiger partial charge >= 0.3 is 0 Å². The molecule has 1 aromatic heterocycles. The van der Waals surface area contributed by atoms with Crippen LogP contribution in [0, 0.1) is 0 Å². The molecule has 0 aliphatic heterocycles. The van der Waals surface area contributed by atoms with Crippen molar-refractivity contribution in [3.05, 3.63) is 11.8 Å². The number of carbonyl (C=O) groups excluding carboxylic acids is 1. The predicted octanol–water partition coefficient (Wildman–Crippen LogP) is 2.03. The molecule has 0 atom stereocenters. The van der Waals surface area contributed by atoms with Gasteiger partial charge in [-0.25, -0.2) is 0 Å². The summed E-state index contributed by atoms with van der Waals surface area (Å²) < 4.78 is 0. The summed E-state index contributed by atoms with van der Waals surface area (Å²) in [5.41, 5.74) is 1.10. The van der Waals surface area contributed by atoms with Gasteiger partial charge in [-0.3, -0.25) is 9.89 Å². The van der Waals surface area contributed by atoms with Crippen LogP contribution in [0.2, 0.25) is 0 Å². The van der Waals surface area contributed by atoms with E-state index in [4.69, 9.17) is 0 Å². The Morgan fingerprint density at radius 1 is 1.53 bits per heavy atom. The number of H-pyrrole nitrogens is 1. The van der Waals surface area contributed by atoms with Gasteiger partial charge in [-0.05, 0) is 18.8 Å². The first-order chi connectivity index (χ1) is 9.06. The Morgan fingerprint density at radius 3 is 2.79 bits per heavy atom. The van der Waals surface area contributed by atoms with Crippen LogP contribution in [0.4, 0.5) is 5.82 Å². The minimum atomic E-state index is 0.0866. The number of aromatic amines is 1. The second-order valence-electron chi connectivity index (χ2n) is 5.74. The molecule has 1 fully saturated rings. The summed E-state index contributed by atoms with van der Waals surface area (Å²) in [5, 5.41) is 10.3. The zero-order chi connectivity index (χ0) is 13.8. The molecule has 1 heterocycles. The number of hydrogen-bond acceptors (Lipinski definition) is 3. The fraction of sp³-hybridized carbons (Fsp3) is 0.714. The minimum Gasteiger partial charge on any atom is -0.352 e. The number of anilines is 1. The smallest absolute Gasteiger partial charge is 0.239 e. The van der Waals surface area contributed by atoms with Gasteiger partial charge < -0.3 is 10.2 Å². The van der Waals surface area contributed by atoms with Crippen molar-refractivity contribution in [2.45, 2.75) is 51.5 Å². The van der Waals surface area contributed by atoms with E-state index in [-0.39, 0.29) is 5.91 Å². The first-order valence-corrected chi connectivity index (χ1v) is 7.12. The number of carbonyl (C=O) groups is 1. The molecule has 0 spiro atoms. The van der Waals surface area contributed by atoms with Crippen molar-refractivity contribution >= 4 is 11.7 Å². The third-order valence-corrected chi connectivity index (χ3v) is 3.70. The summed E-state index contributed by atoms with van der Waals surface area (Å²) in [6.45, 7) is 4.59. The fourth-order valence-corrected chi connectivity index (χ4v) is 2.46. The lowest BCUT2D eigenvalue weighted by atomic mass is 10.1. The highest BCUT2D eigenvalue weighted by Crippen LogP contribution is 2.18. The monoisotopic (exact) mass is 264 g/mol. The molecule has 5 heteroatoms. The number of amides is 1. The molecule has 0 aromatic carbocycles. The van der Waals surface area contributed by atoms with E-state index in [1.807, 2.05) is 18.0 Å². The van der Waals surface area contributed by atoms with Crippen molar-refractivity contribution in [3.63, 3.8) is 0 Å². The zero-order valence-corrected chi connectivity index (χ0v) is 12.1. The van der Waals surface area contributed by atoms with E-state index in [1.54, 1.807) is 0 Å². The molecule has 19 heavy (non-hydrogen) atoms. The number of aromatic nitrogens is 2. The van der Waals surface area contributed by atoms with Crippen molar-refractivity contribution in [1.29, 1.82) is 0 Å². The third kappa shape index (κ3) is 3.72. The number of likely N-dealkylation sites (N-methyl/N-ethyl adjacent to an activating group) is 1. The van der Waals surface area contributed by atoms with Crippen molar-refractivity contribution in [1.82, 2.24) is 15.5 Å². The van der Waals surface area contributed by atoms with Crippen LogP contribution in [-0.2, 0) is 4.79 Å². The second-order valence-corrected chi connectivity index (χ2v) is 5.74. The molecule has 0 radical (unpaired) electrons.